The van der Waals surface area contributed by atoms with E-state index < -0.39 is 17.4 Å². The molecule has 1 aliphatic carbocycles. The summed E-state index contributed by atoms with van der Waals surface area (Å²) in [6.45, 7) is 4.76. The van der Waals surface area contributed by atoms with Crippen LogP contribution in [-0.4, -0.2) is 49.2 Å². The Morgan fingerprint density at radius 2 is 1.66 bits per heavy atom. The van der Waals surface area contributed by atoms with E-state index in [0.29, 0.717) is 29.0 Å². The Balaban J connectivity index is 1.57. The summed E-state index contributed by atoms with van der Waals surface area (Å²) < 4.78 is 11.9. The lowest BCUT2D eigenvalue weighted by molar-refractivity contribution is -0.139. The largest absolute Gasteiger partial charge is 0.461 e. The molecule has 1 aliphatic heterocycles. The van der Waals surface area contributed by atoms with Gasteiger partial charge in [0.1, 0.15) is 12.7 Å². The van der Waals surface area contributed by atoms with Crippen molar-refractivity contribution in [1.29, 1.82) is 0 Å². The lowest BCUT2D eigenvalue weighted by atomic mass is 9.64. The lowest BCUT2D eigenvalue weighted by Crippen LogP contribution is -2.61. The van der Waals surface area contributed by atoms with E-state index in [0.717, 1.165) is 32.4 Å². The van der Waals surface area contributed by atoms with E-state index in [1.807, 2.05) is 0 Å². The zero-order valence-corrected chi connectivity index (χ0v) is 18.5. The second kappa shape index (κ2) is 9.20. The van der Waals surface area contributed by atoms with Crippen LogP contribution >= 0.6 is 0 Å². The number of nitrogen functional groups attached to an aromatic ring is 2. The van der Waals surface area contributed by atoms with Crippen molar-refractivity contribution in [2.75, 3.05) is 37.7 Å². The number of piperidine rings is 1. The number of likely N-dealkylation sites (tertiary alicyclic amines) is 1. The number of benzene rings is 2. The number of anilines is 2. The van der Waals surface area contributed by atoms with Crippen molar-refractivity contribution in [3.8, 4) is 0 Å². The van der Waals surface area contributed by atoms with E-state index in [1.54, 1.807) is 48.5 Å². The molecule has 0 amide bonds. The van der Waals surface area contributed by atoms with Crippen LogP contribution < -0.4 is 11.5 Å². The molecule has 2 fully saturated rings. The number of esters is 2. The van der Waals surface area contributed by atoms with Gasteiger partial charge in [-0.3, -0.25) is 0 Å². The van der Waals surface area contributed by atoms with Gasteiger partial charge in [0.05, 0.1) is 16.5 Å². The Morgan fingerprint density at radius 1 is 1.03 bits per heavy atom. The zero-order chi connectivity index (χ0) is 22.7. The van der Waals surface area contributed by atoms with E-state index in [-0.39, 0.29) is 18.6 Å². The molecule has 3 unspecified atom stereocenters. The van der Waals surface area contributed by atoms with Crippen molar-refractivity contribution in [2.24, 2.45) is 11.3 Å². The van der Waals surface area contributed by atoms with Crippen LogP contribution in [0.2, 0.25) is 0 Å². The van der Waals surface area contributed by atoms with Gasteiger partial charge in [0, 0.05) is 30.4 Å². The summed E-state index contributed by atoms with van der Waals surface area (Å²) in [6.07, 6.45) is 2.46. The van der Waals surface area contributed by atoms with Crippen molar-refractivity contribution >= 4 is 23.3 Å². The number of nitrogens with two attached hydrogens (primary N) is 2. The third kappa shape index (κ3) is 4.30. The first-order chi connectivity index (χ1) is 15.4. The fraction of sp³-hybridized carbons (Fsp3) is 0.440. The number of hydrogen-bond donors (Lipinski definition) is 2. The molecule has 1 heterocycles. The van der Waals surface area contributed by atoms with Gasteiger partial charge in [0.2, 0.25) is 0 Å². The summed E-state index contributed by atoms with van der Waals surface area (Å²) >= 11 is 0. The number of ether oxygens (including phenoxy) is 2. The van der Waals surface area contributed by atoms with Crippen LogP contribution in [0.25, 0.3) is 0 Å². The molecule has 7 heteroatoms. The molecule has 2 aliphatic rings. The maximum Gasteiger partial charge on any atom is 0.340 e. The summed E-state index contributed by atoms with van der Waals surface area (Å²) in [5.74, 6) is -0.689. The van der Waals surface area contributed by atoms with E-state index >= 15 is 0 Å². The molecule has 4 N–H and O–H groups in total. The first kappa shape index (κ1) is 22.1. The number of carbonyl (C=O) groups is 2. The molecule has 0 radical (unpaired) electrons. The molecule has 4 rings (SSSR count). The smallest absolute Gasteiger partial charge is 0.340 e. The second-order valence-electron chi connectivity index (χ2n) is 8.92. The summed E-state index contributed by atoms with van der Waals surface area (Å²) in [6, 6.07) is 13.8. The minimum Gasteiger partial charge on any atom is -0.461 e. The first-order valence-corrected chi connectivity index (χ1v) is 11.2. The highest BCUT2D eigenvalue weighted by Crippen LogP contribution is 2.46. The number of nitrogens with zero attached hydrogens (tertiary/aromatic N) is 1. The van der Waals surface area contributed by atoms with Gasteiger partial charge in [-0.25, -0.2) is 9.59 Å². The predicted molar refractivity (Wildman–Crippen MR) is 123 cm³/mol. The Morgan fingerprint density at radius 3 is 2.28 bits per heavy atom. The molecule has 2 aromatic carbocycles. The van der Waals surface area contributed by atoms with Crippen LogP contribution in [0.3, 0.4) is 0 Å². The Bertz CT molecular complexity index is 995. The van der Waals surface area contributed by atoms with Gasteiger partial charge in [0.25, 0.3) is 0 Å². The van der Waals surface area contributed by atoms with Crippen molar-refractivity contribution in [2.45, 2.75) is 32.3 Å². The van der Waals surface area contributed by atoms with Crippen LogP contribution in [0.15, 0.2) is 48.5 Å². The molecular weight excluding hydrogens is 406 g/mol. The highest BCUT2D eigenvalue weighted by Gasteiger charge is 2.53. The van der Waals surface area contributed by atoms with Crippen molar-refractivity contribution in [1.82, 2.24) is 4.90 Å². The molecule has 2 aromatic rings. The number of carbonyl (C=O) groups excluding carboxylic acids is 2. The van der Waals surface area contributed by atoms with Crippen molar-refractivity contribution < 1.29 is 19.1 Å². The second-order valence-corrected chi connectivity index (χ2v) is 8.92. The van der Waals surface area contributed by atoms with Gasteiger partial charge in [-0.2, -0.15) is 0 Å². The molecule has 0 aromatic heterocycles. The van der Waals surface area contributed by atoms with Crippen molar-refractivity contribution in [3.05, 3.63) is 59.7 Å². The van der Waals surface area contributed by atoms with E-state index in [4.69, 9.17) is 20.9 Å². The molecule has 7 nitrogen and oxygen atoms in total. The monoisotopic (exact) mass is 437 g/mol. The normalized spacial score (nSPS) is 25.2. The van der Waals surface area contributed by atoms with Gasteiger partial charge in [0.15, 0.2) is 0 Å². The minimum atomic E-state index is -0.463. The quantitative estimate of drug-likeness (QED) is 0.527. The molecule has 170 valence electrons. The number of rotatable bonds is 6. The third-order valence-electron chi connectivity index (χ3n) is 6.85. The molecule has 1 saturated carbocycles. The van der Waals surface area contributed by atoms with Crippen LogP contribution in [0.1, 0.15) is 46.9 Å². The van der Waals surface area contributed by atoms with Crippen LogP contribution in [-0.2, 0) is 9.47 Å². The summed E-state index contributed by atoms with van der Waals surface area (Å²) in [4.78, 5) is 28.2. The molecular formula is C25H31N3O4. The van der Waals surface area contributed by atoms with Crippen LogP contribution in [0.4, 0.5) is 11.4 Å². The SMILES string of the molecule is CCN1CC2CCCC(COC(=O)c3ccccc3N)(C1)C2OC(=O)c1ccccc1N. The lowest BCUT2D eigenvalue weighted by Gasteiger charge is -2.53. The maximum atomic E-state index is 13.0. The molecule has 32 heavy (non-hydrogen) atoms. The van der Waals surface area contributed by atoms with E-state index in [1.165, 1.54) is 0 Å². The highest BCUT2D eigenvalue weighted by atomic mass is 16.6. The molecule has 1 saturated heterocycles. The van der Waals surface area contributed by atoms with Gasteiger partial charge >= 0.3 is 11.9 Å². The highest BCUT2D eigenvalue weighted by molar-refractivity contribution is 5.95. The van der Waals surface area contributed by atoms with Crippen LogP contribution in [0.5, 0.6) is 0 Å². The Hall–Kier alpha value is -3.06. The van der Waals surface area contributed by atoms with Crippen LogP contribution in [0, 0.1) is 11.3 Å². The number of fused-ring (bicyclic) bond motifs is 2. The van der Waals surface area contributed by atoms with Crippen molar-refractivity contribution in [3.63, 3.8) is 0 Å². The number of para-hydroxylation sites is 2. The van der Waals surface area contributed by atoms with Gasteiger partial charge in [-0.15, -0.1) is 0 Å². The average Bonchev–Trinajstić information content (AvgIpc) is 2.78. The van der Waals surface area contributed by atoms with Gasteiger partial charge < -0.3 is 25.8 Å². The summed E-state index contributed by atoms with van der Waals surface area (Å²) in [5.41, 5.74) is 13.0. The molecule has 2 bridgehead atoms. The Kier molecular flexibility index (Phi) is 6.37. The topological polar surface area (TPSA) is 108 Å². The standard InChI is InChI=1S/C25H31N3O4/c1-2-28-14-17-8-7-13-25(15-28,16-31-23(29)18-9-3-5-11-20(18)26)22(17)32-24(30)19-10-4-6-12-21(19)27/h3-6,9-12,17,22H,2,7-8,13-16,26-27H2,1H3. The van der Waals surface area contributed by atoms with E-state index in [9.17, 15) is 9.59 Å². The fourth-order valence-electron chi connectivity index (χ4n) is 5.20. The Labute approximate surface area is 188 Å². The average molecular weight is 438 g/mol. The molecule has 3 atom stereocenters. The zero-order valence-electron chi connectivity index (χ0n) is 18.5. The fourth-order valence-corrected chi connectivity index (χ4v) is 5.20. The summed E-state index contributed by atoms with van der Waals surface area (Å²) in [7, 11) is 0. The van der Waals surface area contributed by atoms with E-state index in [2.05, 4.69) is 11.8 Å². The predicted octanol–water partition coefficient (Wildman–Crippen LogP) is 3.36. The minimum absolute atomic E-state index is 0.176. The first-order valence-electron chi connectivity index (χ1n) is 11.2. The third-order valence-corrected chi connectivity index (χ3v) is 6.85. The maximum absolute atomic E-state index is 13.0. The summed E-state index contributed by atoms with van der Waals surface area (Å²) in [5, 5.41) is 0. The molecule has 0 spiro atoms. The van der Waals surface area contributed by atoms with Gasteiger partial charge in [-0.1, -0.05) is 37.6 Å². The van der Waals surface area contributed by atoms with Gasteiger partial charge in [-0.05, 0) is 43.7 Å². The number of hydrogen-bond acceptors (Lipinski definition) is 7.